The Bertz CT molecular complexity index is 633. The molecule has 0 aromatic heterocycles. The summed E-state index contributed by atoms with van der Waals surface area (Å²) in [6.07, 6.45) is 0. The van der Waals surface area contributed by atoms with Gasteiger partial charge in [-0.3, -0.25) is 4.79 Å². The van der Waals surface area contributed by atoms with Crippen LogP contribution in [0.15, 0.2) is 36.4 Å². The Kier molecular flexibility index (Phi) is 3.56. The second-order valence-electron chi connectivity index (χ2n) is 4.58. The molecule has 3 nitrogen and oxygen atoms in total. The minimum atomic E-state index is -0.0214. The molecule has 3 heteroatoms. The molecule has 0 aliphatic rings. The first kappa shape index (κ1) is 13.1. The van der Waals surface area contributed by atoms with Gasteiger partial charge in [-0.25, -0.2) is 0 Å². The van der Waals surface area contributed by atoms with E-state index < -0.39 is 0 Å². The summed E-state index contributed by atoms with van der Waals surface area (Å²) < 4.78 is 5.14. The zero-order chi connectivity index (χ0) is 14.0. The van der Waals surface area contributed by atoms with E-state index in [1.54, 1.807) is 31.4 Å². The SMILES string of the molecule is COc1ccc(C(=O)c2ccc(C)c(N)c2)c(C)c1. The van der Waals surface area contributed by atoms with Crippen molar-refractivity contribution >= 4 is 11.5 Å². The van der Waals surface area contributed by atoms with Gasteiger partial charge in [0.25, 0.3) is 0 Å². The second kappa shape index (κ2) is 5.14. The van der Waals surface area contributed by atoms with Crippen LogP contribution in [-0.4, -0.2) is 12.9 Å². The molecule has 0 bridgehead atoms. The normalized spacial score (nSPS) is 10.3. The van der Waals surface area contributed by atoms with Gasteiger partial charge in [0.2, 0.25) is 0 Å². The predicted molar refractivity (Wildman–Crippen MR) is 76.8 cm³/mol. The topological polar surface area (TPSA) is 52.3 Å². The minimum Gasteiger partial charge on any atom is -0.497 e. The van der Waals surface area contributed by atoms with Gasteiger partial charge in [-0.2, -0.15) is 0 Å². The Labute approximate surface area is 113 Å². The standard InChI is InChI=1S/C16H17NO2/c1-10-4-5-12(9-15(10)17)16(18)14-7-6-13(19-3)8-11(14)2/h4-9H,17H2,1-3H3. The highest BCUT2D eigenvalue weighted by molar-refractivity contribution is 6.10. The minimum absolute atomic E-state index is 0.0214. The number of ketones is 1. The van der Waals surface area contributed by atoms with Crippen LogP contribution in [0, 0.1) is 13.8 Å². The van der Waals surface area contributed by atoms with E-state index in [1.807, 2.05) is 26.0 Å². The molecule has 0 saturated heterocycles. The lowest BCUT2D eigenvalue weighted by Crippen LogP contribution is -2.05. The molecule has 0 aliphatic carbocycles. The third kappa shape index (κ3) is 2.60. The maximum atomic E-state index is 12.4. The smallest absolute Gasteiger partial charge is 0.193 e. The van der Waals surface area contributed by atoms with Gasteiger partial charge < -0.3 is 10.5 Å². The van der Waals surface area contributed by atoms with Crippen molar-refractivity contribution in [1.82, 2.24) is 0 Å². The molecule has 0 saturated carbocycles. The monoisotopic (exact) mass is 255 g/mol. The molecule has 2 aromatic carbocycles. The van der Waals surface area contributed by atoms with Gasteiger partial charge in [0.05, 0.1) is 7.11 Å². The van der Waals surface area contributed by atoms with Crippen LogP contribution < -0.4 is 10.5 Å². The average molecular weight is 255 g/mol. The molecule has 98 valence electrons. The fourth-order valence-electron chi connectivity index (χ4n) is 1.96. The lowest BCUT2D eigenvalue weighted by Gasteiger charge is -2.08. The van der Waals surface area contributed by atoms with Gasteiger partial charge in [0.1, 0.15) is 5.75 Å². The number of carbonyl (C=O) groups is 1. The lowest BCUT2D eigenvalue weighted by molar-refractivity contribution is 0.103. The van der Waals surface area contributed by atoms with E-state index in [4.69, 9.17) is 10.5 Å². The number of rotatable bonds is 3. The number of methoxy groups -OCH3 is 1. The van der Waals surface area contributed by atoms with E-state index in [9.17, 15) is 4.79 Å². The number of benzene rings is 2. The molecule has 0 radical (unpaired) electrons. The Morgan fingerprint density at radius 2 is 1.79 bits per heavy atom. The van der Waals surface area contributed by atoms with E-state index in [0.717, 1.165) is 16.9 Å². The molecule has 0 heterocycles. The third-order valence-electron chi connectivity index (χ3n) is 3.22. The first-order chi connectivity index (χ1) is 9.02. The van der Waals surface area contributed by atoms with Crippen molar-refractivity contribution in [1.29, 1.82) is 0 Å². The van der Waals surface area contributed by atoms with Crippen LogP contribution in [0.2, 0.25) is 0 Å². The second-order valence-corrected chi connectivity index (χ2v) is 4.58. The molecule has 0 aliphatic heterocycles. The van der Waals surface area contributed by atoms with Gasteiger partial charge in [-0.05, 0) is 49.2 Å². The van der Waals surface area contributed by atoms with Crippen molar-refractivity contribution in [2.75, 3.05) is 12.8 Å². The Morgan fingerprint density at radius 1 is 1.05 bits per heavy atom. The van der Waals surface area contributed by atoms with Gasteiger partial charge in [-0.15, -0.1) is 0 Å². The number of nitrogens with two attached hydrogens (primary N) is 1. The number of hydrogen-bond acceptors (Lipinski definition) is 3. The summed E-state index contributed by atoms with van der Waals surface area (Å²) in [7, 11) is 1.61. The quantitative estimate of drug-likeness (QED) is 0.677. The average Bonchev–Trinajstić information content (AvgIpc) is 2.41. The maximum absolute atomic E-state index is 12.4. The number of anilines is 1. The van der Waals surface area contributed by atoms with Gasteiger partial charge in [0.15, 0.2) is 5.78 Å². The highest BCUT2D eigenvalue weighted by Gasteiger charge is 2.13. The molecular formula is C16H17NO2. The molecule has 0 amide bonds. The zero-order valence-corrected chi connectivity index (χ0v) is 11.4. The number of aryl methyl sites for hydroxylation is 2. The Hall–Kier alpha value is -2.29. The van der Waals surface area contributed by atoms with Crippen LogP contribution in [0.1, 0.15) is 27.0 Å². The van der Waals surface area contributed by atoms with E-state index in [0.29, 0.717) is 16.8 Å². The molecule has 0 spiro atoms. The van der Waals surface area contributed by atoms with Crippen LogP contribution in [0.25, 0.3) is 0 Å². The number of ether oxygens (including phenoxy) is 1. The van der Waals surface area contributed by atoms with Crippen LogP contribution in [0.5, 0.6) is 5.75 Å². The maximum Gasteiger partial charge on any atom is 0.193 e. The number of carbonyl (C=O) groups excluding carboxylic acids is 1. The molecule has 2 N–H and O–H groups in total. The summed E-state index contributed by atoms with van der Waals surface area (Å²) in [4.78, 5) is 12.4. The number of nitrogen functional groups attached to an aromatic ring is 1. The first-order valence-electron chi connectivity index (χ1n) is 6.08. The van der Waals surface area contributed by atoms with E-state index >= 15 is 0 Å². The van der Waals surface area contributed by atoms with Crippen LogP contribution in [-0.2, 0) is 0 Å². The van der Waals surface area contributed by atoms with Crippen molar-refractivity contribution < 1.29 is 9.53 Å². The molecule has 0 atom stereocenters. The van der Waals surface area contributed by atoms with Crippen molar-refractivity contribution in [3.05, 3.63) is 58.7 Å². The van der Waals surface area contributed by atoms with Crippen LogP contribution >= 0.6 is 0 Å². The van der Waals surface area contributed by atoms with Crippen molar-refractivity contribution in [3.8, 4) is 5.75 Å². The van der Waals surface area contributed by atoms with Crippen LogP contribution in [0.4, 0.5) is 5.69 Å². The third-order valence-corrected chi connectivity index (χ3v) is 3.22. The van der Waals surface area contributed by atoms with Gasteiger partial charge in [-0.1, -0.05) is 12.1 Å². The Morgan fingerprint density at radius 3 is 2.37 bits per heavy atom. The summed E-state index contributed by atoms with van der Waals surface area (Å²) in [5.74, 6) is 0.726. The molecule has 0 fully saturated rings. The summed E-state index contributed by atoms with van der Waals surface area (Å²) in [6, 6.07) is 10.8. The van der Waals surface area contributed by atoms with Crippen molar-refractivity contribution in [3.63, 3.8) is 0 Å². The van der Waals surface area contributed by atoms with Crippen molar-refractivity contribution in [2.45, 2.75) is 13.8 Å². The fourth-order valence-corrected chi connectivity index (χ4v) is 1.96. The van der Waals surface area contributed by atoms with Crippen molar-refractivity contribution in [2.24, 2.45) is 0 Å². The molecule has 2 aromatic rings. The lowest BCUT2D eigenvalue weighted by atomic mass is 9.97. The largest absolute Gasteiger partial charge is 0.497 e. The fraction of sp³-hybridized carbons (Fsp3) is 0.188. The molecule has 2 rings (SSSR count). The van der Waals surface area contributed by atoms with Crippen LogP contribution in [0.3, 0.4) is 0 Å². The molecule has 0 unspecified atom stereocenters. The molecular weight excluding hydrogens is 238 g/mol. The first-order valence-corrected chi connectivity index (χ1v) is 6.08. The summed E-state index contributed by atoms with van der Waals surface area (Å²) in [6.45, 7) is 3.82. The van der Waals surface area contributed by atoms with E-state index in [-0.39, 0.29) is 5.78 Å². The zero-order valence-electron chi connectivity index (χ0n) is 11.4. The predicted octanol–water partition coefficient (Wildman–Crippen LogP) is 3.13. The van der Waals surface area contributed by atoms with Gasteiger partial charge in [0, 0.05) is 16.8 Å². The Balaban J connectivity index is 2.41. The summed E-state index contributed by atoms with van der Waals surface area (Å²) in [5, 5.41) is 0. The van der Waals surface area contributed by atoms with E-state index in [1.165, 1.54) is 0 Å². The summed E-state index contributed by atoms with van der Waals surface area (Å²) in [5.41, 5.74) is 9.63. The number of hydrogen-bond donors (Lipinski definition) is 1. The highest BCUT2D eigenvalue weighted by atomic mass is 16.5. The van der Waals surface area contributed by atoms with Gasteiger partial charge >= 0.3 is 0 Å². The summed E-state index contributed by atoms with van der Waals surface area (Å²) >= 11 is 0. The highest BCUT2D eigenvalue weighted by Crippen LogP contribution is 2.21. The molecule has 19 heavy (non-hydrogen) atoms. The van der Waals surface area contributed by atoms with E-state index in [2.05, 4.69) is 0 Å².